The summed E-state index contributed by atoms with van der Waals surface area (Å²) in [4.78, 5) is 12.5. The van der Waals surface area contributed by atoms with Gasteiger partial charge in [-0.1, -0.05) is 275 Å². The molecule has 354 valence electrons. The van der Waals surface area contributed by atoms with E-state index in [-0.39, 0.29) is 12.5 Å². The number of carbonyl (C=O) groups is 1. The van der Waals surface area contributed by atoms with Crippen LogP contribution in [-0.2, 0) is 4.79 Å². The van der Waals surface area contributed by atoms with Crippen molar-refractivity contribution in [2.24, 2.45) is 0 Å². The summed E-state index contributed by atoms with van der Waals surface area (Å²) in [6, 6.07) is -0.539. The molecule has 60 heavy (non-hydrogen) atoms. The van der Waals surface area contributed by atoms with Crippen molar-refractivity contribution in [1.82, 2.24) is 5.32 Å². The number of nitrogens with one attached hydrogen (secondary N) is 1. The average molecular weight is 842 g/mol. The maximum absolute atomic E-state index is 12.5. The van der Waals surface area contributed by atoms with Crippen LogP contribution in [0.5, 0.6) is 0 Å². The molecule has 0 aliphatic carbocycles. The van der Waals surface area contributed by atoms with Crippen molar-refractivity contribution in [3.63, 3.8) is 0 Å². The van der Waals surface area contributed by atoms with Gasteiger partial charge in [0.1, 0.15) is 0 Å². The number of hydrogen-bond donors (Lipinski definition) is 3. The van der Waals surface area contributed by atoms with E-state index in [2.05, 4.69) is 55.6 Å². The highest BCUT2D eigenvalue weighted by atomic mass is 16.3. The molecule has 2 atom stereocenters. The van der Waals surface area contributed by atoms with Crippen LogP contribution in [-0.4, -0.2) is 34.9 Å². The van der Waals surface area contributed by atoms with Gasteiger partial charge in [0.2, 0.25) is 5.91 Å². The Balaban J connectivity index is 3.48. The quantitative estimate of drug-likeness (QED) is 0.0422. The molecule has 0 bridgehead atoms. The Morgan fingerprint density at radius 3 is 1.02 bits per heavy atom. The van der Waals surface area contributed by atoms with E-state index in [0.717, 1.165) is 38.5 Å². The number of aliphatic hydroxyl groups is 2. The molecule has 2 unspecified atom stereocenters. The zero-order chi connectivity index (χ0) is 43.5. The Bertz CT molecular complexity index is 912. The Hall–Kier alpha value is -1.39. The molecule has 0 heterocycles. The van der Waals surface area contributed by atoms with Gasteiger partial charge in [-0.25, -0.2) is 0 Å². The minimum atomic E-state index is -0.662. The Labute approximate surface area is 376 Å². The largest absolute Gasteiger partial charge is 0.394 e. The highest BCUT2D eigenvalue weighted by Gasteiger charge is 2.20. The van der Waals surface area contributed by atoms with E-state index in [0.29, 0.717) is 12.8 Å². The number of amides is 1. The Kier molecular flexibility index (Phi) is 50.8. The monoisotopic (exact) mass is 842 g/mol. The molecule has 0 spiro atoms. The molecule has 0 rings (SSSR count). The van der Waals surface area contributed by atoms with Gasteiger partial charge in [0.15, 0.2) is 0 Å². The lowest BCUT2D eigenvalue weighted by molar-refractivity contribution is -0.123. The van der Waals surface area contributed by atoms with E-state index >= 15 is 0 Å². The summed E-state index contributed by atoms with van der Waals surface area (Å²) < 4.78 is 0. The first kappa shape index (κ1) is 58.6. The summed E-state index contributed by atoms with van der Waals surface area (Å²) in [7, 11) is 0. The normalized spacial score (nSPS) is 13.1. The van der Waals surface area contributed by atoms with Crippen LogP contribution in [0, 0.1) is 0 Å². The molecule has 4 nitrogen and oxygen atoms in total. The third-order valence-electron chi connectivity index (χ3n) is 12.7. The molecule has 0 fully saturated rings. The predicted molar refractivity (Wildman–Crippen MR) is 267 cm³/mol. The SMILES string of the molecule is CCCCCCC/C=C\C/C=C\C/C=C\CCCCCCCCCCCCC(=O)NC(CO)C(O)CCCCCCCCCCCCCCCCCCCCCCCCC. The third-order valence-corrected chi connectivity index (χ3v) is 12.7. The molecule has 0 aromatic carbocycles. The second-order valence-electron chi connectivity index (χ2n) is 18.7. The van der Waals surface area contributed by atoms with Crippen molar-refractivity contribution < 1.29 is 15.0 Å². The van der Waals surface area contributed by atoms with E-state index in [4.69, 9.17) is 0 Å². The van der Waals surface area contributed by atoms with Gasteiger partial charge >= 0.3 is 0 Å². The molecule has 0 aliphatic heterocycles. The molecule has 4 heteroatoms. The first-order valence-electron chi connectivity index (χ1n) is 27.2. The van der Waals surface area contributed by atoms with Crippen LogP contribution in [0.3, 0.4) is 0 Å². The molecule has 0 aliphatic rings. The zero-order valence-electron chi connectivity index (χ0n) is 40.7. The van der Waals surface area contributed by atoms with Crippen molar-refractivity contribution in [3.05, 3.63) is 36.5 Å². The van der Waals surface area contributed by atoms with Crippen molar-refractivity contribution >= 4 is 5.91 Å². The highest BCUT2D eigenvalue weighted by molar-refractivity contribution is 5.76. The van der Waals surface area contributed by atoms with Gasteiger partial charge in [-0.05, 0) is 51.4 Å². The van der Waals surface area contributed by atoms with E-state index in [1.807, 2.05) is 0 Å². The number of rotatable bonds is 50. The summed E-state index contributed by atoms with van der Waals surface area (Å²) in [6.07, 6.45) is 69.7. The molecule has 3 N–H and O–H groups in total. The minimum Gasteiger partial charge on any atom is -0.394 e. The van der Waals surface area contributed by atoms with Crippen LogP contribution in [0.1, 0.15) is 296 Å². The summed E-state index contributed by atoms with van der Waals surface area (Å²) in [5.74, 6) is -0.0322. The number of allylic oxidation sites excluding steroid dienone is 6. The lowest BCUT2D eigenvalue weighted by Crippen LogP contribution is -2.45. The lowest BCUT2D eigenvalue weighted by Gasteiger charge is -2.22. The summed E-state index contributed by atoms with van der Waals surface area (Å²) in [6.45, 7) is 4.37. The average Bonchev–Trinajstić information content (AvgIpc) is 3.25. The molecule has 0 aromatic rings. The number of hydrogen-bond acceptors (Lipinski definition) is 3. The fourth-order valence-electron chi connectivity index (χ4n) is 8.49. The van der Waals surface area contributed by atoms with Crippen molar-refractivity contribution in [3.8, 4) is 0 Å². The second kappa shape index (κ2) is 52.0. The van der Waals surface area contributed by atoms with Gasteiger partial charge in [0.25, 0.3) is 0 Å². The van der Waals surface area contributed by atoms with E-state index < -0.39 is 12.1 Å². The fourth-order valence-corrected chi connectivity index (χ4v) is 8.49. The maximum Gasteiger partial charge on any atom is 0.220 e. The Morgan fingerprint density at radius 1 is 0.400 bits per heavy atom. The maximum atomic E-state index is 12.5. The van der Waals surface area contributed by atoms with Gasteiger partial charge in [-0.3, -0.25) is 4.79 Å². The second-order valence-corrected chi connectivity index (χ2v) is 18.7. The fraction of sp³-hybridized carbons (Fsp3) is 0.875. The van der Waals surface area contributed by atoms with Gasteiger partial charge in [0, 0.05) is 6.42 Å². The first-order chi connectivity index (χ1) is 29.7. The van der Waals surface area contributed by atoms with Crippen LogP contribution in [0.2, 0.25) is 0 Å². The molecule has 0 aromatic heterocycles. The number of aliphatic hydroxyl groups excluding tert-OH is 2. The van der Waals surface area contributed by atoms with Crippen LogP contribution in [0.4, 0.5) is 0 Å². The molecular formula is C56H107NO3. The minimum absolute atomic E-state index is 0.0322. The first-order valence-corrected chi connectivity index (χ1v) is 27.2. The van der Waals surface area contributed by atoms with Gasteiger partial charge in [-0.2, -0.15) is 0 Å². The van der Waals surface area contributed by atoms with Crippen LogP contribution in [0.15, 0.2) is 36.5 Å². The molecular weight excluding hydrogens is 735 g/mol. The highest BCUT2D eigenvalue weighted by Crippen LogP contribution is 2.17. The smallest absolute Gasteiger partial charge is 0.220 e. The number of carbonyl (C=O) groups excluding carboxylic acids is 1. The van der Waals surface area contributed by atoms with Crippen molar-refractivity contribution in [1.29, 1.82) is 0 Å². The van der Waals surface area contributed by atoms with E-state index in [1.54, 1.807) is 0 Å². The molecule has 0 saturated heterocycles. The molecule has 1 amide bonds. The summed E-state index contributed by atoms with van der Waals surface area (Å²) in [5, 5.41) is 23.3. The van der Waals surface area contributed by atoms with Gasteiger partial charge < -0.3 is 15.5 Å². The zero-order valence-corrected chi connectivity index (χ0v) is 40.7. The van der Waals surface area contributed by atoms with E-state index in [9.17, 15) is 15.0 Å². The topological polar surface area (TPSA) is 69.6 Å². The summed E-state index contributed by atoms with van der Waals surface area (Å²) >= 11 is 0. The Morgan fingerprint density at radius 2 is 0.683 bits per heavy atom. The van der Waals surface area contributed by atoms with Gasteiger partial charge in [-0.15, -0.1) is 0 Å². The molecule has 0 radical (unpaired) electrons. The predicted octanol–water partition coefficient (Wildman–Crippen LogP) is 17.7. The third kappa shape index (κ3) is 47.7. The number of unbranched alkanes of at least 4 members (excludes halogenated alkanes) is 37. The van der Waals surface area contributed by atoms with E-state index in [1.165, 1.54) is 231 Å². The van der Waals surface area contributed by atoms with Crippen LogP contribution in [0.25, 0.3) is 0 Å². The standard InChI is InChI=1S/C56H107NO3/c1-3-5-7-9-11-13-15-17-19-21-23-25-27-28-30-32-34-36-38-40-42-44-46-48-50-52-56(60)57-54(53-58)55(59)51-49-47-45-43-41-39-37-35-33-31-29-26-24-22-20-18-16-14-12-10-8-6-4-2/h15,17,21,23,27-28,54-55,58-59H,3-14,16,18-20,22,24-26,29-53H2,1-2H3,(H,57,60)/b17-15-,23-21-,28-27-. The lowest BCUT2D eigenvalue weighted by atomic mass is 10.0. The van der Waals surface area contributed by atoms with Crippen molar-refractivity contribution in [2.75, 3.05) is 6.61 Å². The molecule has 0 saturated carbocycles. The summed E-state index contributed by atoms with van der Waals surface area (Å²) in [5.41, 5.74) is 0. The van der Waals surface area contributed by atoms with Crippen LogP contribution >= 0.6 is 0 Å². The van der Waals surface area contributed by atoms with Crippen LogP contribution < -0.4 is 5.32 Å². The van der Waals surface area contributed by atoms with Gasteiger partial charge in [0.05, 0.1) is 18.8 Å². The van der Waals surface area contributed by atoms with Crippen molar-refractivity contribution in [2.45, 2.75) is 309 Å².